The van der Waals surface area contributed by atoms with Gasteiger partial charge in [-0.3, -0.25) is 5.84 Å². The summed E-state index contributed by atoms with van der Waals surface area (Å²) < 4.78 is 38.4. The third kappa shape index (κ3) is 3.36. The summed E-state index contributed by atoms with van der Waals surface area (Å²) in [5, 5.41) is 1.89. The van der Waals surface area contributed by atoms with E-state index in [-0.39, 0.29) is 6.04 Å². The summed E-state index contributed by atoms with van der Waals surface area (Å²) in [6.07, 6.45) is -4.32. The molecule has 0 bridgehead atoms. The van der Waals surface area contributed by atoms with Crippen LogP contribution in [0.2, 0.25) is 0 Å². The summed E-state index contributed by atoms with van der Waals surface area (Å²) in [6.45, 7) is 0. The van der Waals surface area contributed by atoms with Crippen LogP contribution in [0.3, 0.4) is 0 Å². The maximum Gasteiger partial charge on any atom is 0.416 e. The Hall–Kier alpha value is -0.890. The molecule has 102 valence electrons. The molecule has 0 spiro atoms. The number of nitrogens with one attached hydrogen (secondary N) is 1. The van der Waals surface area contributed by atoms with Crippen LogP contribution >= 0.6 is 27.3 Å². The van der Waals surface area contributed by atoms with Gasteiger partial charge in [-0.2, -0.15) is 13.2 Å². The predicted molar refractivity (Wildman–Crippen MR) is 72.6 cm³/mol. The number of benzene rings is 1. The van der Waals surface area contributed by atoms with Crippen molar-refractivity contribution in [3.63, 3.8) is 0 Å². The van der Waals surface area contributed by atoms with E-state index in [1.165, 1.54) is 23.5 Å². The fourth-order valence-corrected chi connectivity index (χ4v) is 3.22. The van der Waals surface area contributed by atoms with Crippen LogP contribution in [0.5, 0.6) is 0 Å². The summed E-state index contributed by atoms with van der Waals surface area (Å²) in [5.41, 5.74) is 2.63. The monoisotopic (exact) mass is 350 g/mol. The standard InChI is InChI=1S/C12H10BrF3N2S/c13-9-5-10(19-6-9)11(18-17)7-1-3-8(4-2-7)12(14,15)16/h1-6,11,18H,17H2. The van der Waals surface area contributed by atoms with Gasteiger partial charge in [0.15, 0.2) is 0 Å². The number of hydrogen-bond acceptors (Lipinski definition) is 3. The van der Waals surface area contributed by atoms with Crippen molar-refractivity contribution in [3.05, 3.63) is 56.2 Å². The van der Waals surface area contributed by atoms with E-state index in [0.717, 1.165) is 21.5 Å². The van der Waals surface area contributed by atoms with E-state index in [2.05, 4.69) is 21.4 Å². The van der Waals surface area contributed by atoms with Crippen LogP contribution in [0.25, 0.3) is 0 Å². The Kier molecular flexibility index (Phi) is 4.29. The van der Waals surface area contributed by atoms with Gasteiger partial charge in [0.1, 0.15) is 0 Å². The first-order valence-corrected chi connectivity index (χ1v) is 6.96. The smallest absolute Gasteiger partial charge is 0.271 e. The van der Waals surface area contributed by atoms with Gasteiger partial charge in [-0.1, -0.05) is 12.1 Å². The zero-order valence-electron chi connectivity index (χ0n) is 9.54. The molecule has 1 heterocycles. The molecular formula is C12H10BrF3N2S. The Morgan fingerprint density at radius 1 is 1.21 bits per heavy atom. The Balaban J connectivity index is 2.30. The van der Waals surface area contributed by atoms with E-state index in [9.17, 15) is 13.2 Å². The maximum absolute atomic E-state index is 12.5. The van der Waals surface area contributed by atoms with Gasteiger partial charge < -0.3 is 0 Å². The zero-order chi connectivity index (χ0) is 14.0. The lowest BCUT2D eigenvalue weighted by atomic mass is 10.0. The van der Waals surface area contributed by atoms with Crippen molar-refractivity contribution in [2.45, 2.75) is 12.2 Å². The van der Waals surface area contributed by atoms with Crippen LogP contribution in [0.15, 0.2) is 40.2 Å². The topological polar surface area (TPSA) is 38.0 Å². The lowest BCUT2D eigenvalue weighted by molar-refractivity contribution is -0.137. The first-order chi connectivity index (χ1) is 8.91. The van der Waals surface area contributed by atoms with Crippen LogP contribution in [-0.2, 0) is 6.18 Å². The average Bonchev–Trinajstić information content (AvgIpc) is 2.76. The minimum atomic E-state index is -4.32. The van der Waals surface area contributed by atoms with E-state index in [1.54, 1.807) is 0 Å². The van der Waals surface area contributed by atoms with Gasteiger partial charge in [-0.25, -0.2) is 5.43 Å². The van der Waals surface area contributed by atoms with Gasteiger partial charge in [0.25, 0.3) is 0 Å². The number of alkyl halides is 3. The zero-order valence-corrected chi connectivity index (χ0v) is 11.9. The first kappa shape index (κ1) is 14.5. The van der Waals surface area contributed by atoms with E-state index >= 15 is 0 Å². The van der Waals surface area contributed by atoms with Crippen LogP contribution in [0.1, 0.15) is 22.0 Å². The normalized spacial score (nSPS) is 13.5. The highest BCUT2D eigenvalue weighted by atomic mass is 79.9. The molecule has 0 amide bonds. The number of rotatable bonds is 3. The Morgan fingerprint density at radius 2 is 1.84 bits per heavy atom. The minimum absolute atomic E-state index is 0.321. The SMILES string of the molecule is NNC(c1ccc(C(F)(F)F)cc1)c1cc(Br)cs1. The molecule has 2 rings (SSSR count). The third-order valence-electron chi connectivity index (χ3n) is 2.61. The van der Waals surface area contributed by atoms with Gasteiger partial charge in [0, 0.05) is 14.7 Å². The van der Waals surface area contributed by atoms with Gasteiger partial charge in [0.05, 0.1) is 11.6 Å². The molecule has 0 saturated carbocycles. The number of halogens is 4. The average molecular weight is 351 g/mol. The predicted octanol–water partition coefficient (Wildman–Crippen LogP) is 4.08. The van der Waals surface area contributed by atoms with Crippen molar-refractivity contribution in [2.75, 3.05) is 0 Å². The second-order valence-corrected chi connectivity index (χ2v) is 5.75. The molecule has 2 aromatic rings. The van der Waals surface area contributed by atoms with Crippen LogP contribution in [0, 0.1) is 0 Å². The molecule has 19 heavy (non-hydrogen) atoms. The molecule has 1 aromatic heterocycles. The fourth-order valence-electron chi connectivity index (χ4n) is 1.69. The molecule has 0 radical (unpaired) electrons. The van der Waals surface area contributed by atoms with Crippen LogP contribution in [0.4, 0.5) is 13.2 Å². The van der Waals surface area contributed by atoms with Gasteiger partial charge in [0.2, 0.25) is 0 Å². The maximum atomic E-state index is 12.5. The third-order valence-corrected chi connectivity index (χ3v) is 4.37. The van der Waals surface area contributed by atoms with Gasteiger partial charge in [-0.05, 0) is 39.7 Å². The molecule has 3 N–H and O–H groups in total. The lowest BCUT2D eigenvalue weighted by Gasteiger charge is -2.15. The molecule has 0 aliphatic heterocycles. The molecular weight excluding hydrogens is 341 g/mol. The highest BCUT2D eigenvalue weighted by Gasteiger charge is 2.30. The van der Waals surface area contributed by atoms with Crippen molar-refractivity contribution in [2.24, 2.45) is 5.84 Å². The Morgan fingerprint density at radius 3 is 2.26 bits per heavy atom. The van der Waals surface area contributed by atoms with Crippen molar-refractivity contribution < 1.29 is 13.2 Å². The van der Waals surface area contributed by atoms with E-state index < -0.39 is 11.7 Å². The number of nitrogens with two attached hydrogens (primary N) is 1. The van der Waals surface area contributed by atoms with Gasteiger partial charge in [-0.15, -0.1) is 11.3 Å². The highest BCUT2D eigenvalue weighted by molar-refractivity contribution is 9.10. The molecule has 0 saturated heterocycles. The van der Waals surface area contributed by atoms with Gasteiger partial charge >= 0.3 is 6.18 Å². The quantitative estimate of drug-likeness (QED) is 0.646. The number of hydrazine groups is 1. The van der Waals surface area contributed by atoms with E-state index in [4.69, 9.17) is 5.84 Å². The molecule has 7 heteroatoms. The van der Waals surface area contributed by atoms with Crippen molar-refractivity contribution in [3.8, 4) is 0 Å². The second-order valence-electron chi connectivity index (χ2n) is 3.89. The fraction of sp³-hybridized carbons (Fsp3) is 0.167. The molecule has 1 unspecified atom stereocenters. The summed E-state index contributed by atoms with van der Waals surface area (Å²) in [4.78, 5) is 0.925. The van der Waals surface area contributed by atoms with E-state index in [1.807, 2.05) is 11.4 Å². The Labute approximate surface area is 120 Å². The minimum Gasteiger partial charge on any atom is -0.271 e. The summed E-state index contributed by atoms with van der Waals surface area (Å²) in [6, 6.07) is 6.54. The van der Waals surface area contributed by atoms with Crippen LogP contribution in [-0.4, -0.2) is 0 Å². The number of hydrogen-bond donors (Lipinski definition) is 2. The number of thiophene rings is 1. The molecule has 2 nitrogen and oxygen atoms in total. The first-order valence-electron chi connectivity index (χ1n) is 5.29. The second kappa shape index (κ2) is 5.62. The molecule has 0 aliphatic rings. The molecule has 0 aliphatic carbocycles. The van der Waals surface area contributed by atoms with Crippen LogP contribution < -0.4 is 11.3 Å². The highest BCUT2D eigenvalue weighted by Crippen LogP contribution is 2.33. The summed E-state index contributed by atoms with van der Waals surface area (Å²) >= 11 is 4.81. The van der Waals surface area contributed by atoms with Crippen molar-refractivity contribution in [1.82, 2.24) is 5.43 Å². The van der Waals surface area contributed by atoms with E-state index in [0.29, 0.717) is 5.56 Å². The van der Waals surface area contributed by atoms with Crippen molar-refractivity contribution in [1.29, 1.82) is 0 Å². The molecule has 0 fully saturated rings. The molecule has 1 aromatic carbocycles. The summed E-state index contributed by atoms with van der Waals surface area (Å²) in [5.74, 6) is 5.49. The Bertz CT molecular complexity index is 551. The lowest BCUT2D eigenvalue weighted by Crippen LogP contribution is -2.28. The van der Waals surface area contributed by atoms with Crippen molar-refractivity contribution >= 4 is 27.3 Å². The largest absolute Gasteiger partial charge is 0.416 e. The summed E-state index contributed by atoms with van der Waals surface area (Å²) in [7, 11) is 0. The molecule has 1 atom stereocenters.